The average Bonchev–Trinajstić information content (AvgIpc) is 2.66. The molecule has 3 heteroatoms. The van der Waals surface area contributed by atoms with Crippen LogP contribution >= 0.6 is 0 Å². The lowest BCUT2D eigenvalue weighted by molar-refractivity contribution is -0.121. The molecule has 0 aliphatic carbocycles. The van der Waals surface area contributed by atoms with Gasteiger partial charge in [-0.2, -0.15) is 0 Å². The predicted molar refractivity (Wildman–Crippen MR) is 81.3 cm³/mol. The number of carbonyl (C=O) groups is 1. The molecular weight excluding hydrogens is 236 g/mol. The van der Waals surface area contributed by atoms with Crippen LogP contribution in [-0.2, 0) is 4.79 Å². The molecule has 1 unspecified atom stereocenters. The monoisotopic (exact) mass is 268 g/mol. The van der Waals surface area contributed by atoms with Gasteiger partial charge >= 0.3 is 0 Å². The smallest absolute Gasteiger partial charge is 0.220 e. The molecule has 1 heterocycles. The summed E-state index contributed by atoms with van der Waals surface area (Å²) in [6, 6.07) is 0.361. The summed E-state index contributed by atoms with van der Waals surface area (Å²) in [6.07, 6.45) is 13.2. The largest absolute Gasteiger partial charge is 0.352 e. The van der Waals surface area contributed by atoms with Crippen molar-refractivity contribution in [3.05, 3.63) is 0 Å². The lowest BCUT2D eigenvalue weighted by Gasteiger charge is -2.16. The van der Waals surface area contributed by atoms with E-state index in [-0.39, 0.29) is 5.91 Å². The van der Waals surface area contributed by atoms with Crippen molar-refractivity contribution in [1.82, 2.24) is 10.6 Å². The molecule has 0 aromatic rings. The van der Waals surface area contributed by atoms with E-state index in [9.17, 15) is 4.79 Å². The van der Waals surface area contributed by atoms with Gasteiger partial charge in [-0.1, -0.05) is 51.9 Å². The molecular formula is C16H32N2O. The van der Waals surface area contributed by atoms with Crippen LogP contribution in [-0.4, -0.2) is 25.0 Å². The Bertz CT molecular complexity index is 223. The predicted octanol–water partition coefficient (Wildman–Crippen LogP) is 3.39. The van der Waals surface area contributed by atoms with Gasteiger partial charge in [0.1, 0.15) is 0 Å². The Kier molecular flexibility index (Phi) is 9.78. The minimum atomic E-state index is 0.252. The molecule has 1 amide bonds. The summed E-state index contributed by atoms with van der Waals surface area (Å²) < 4.78 is 0. The van der Waals surface area contributed by atoms with Crippen molar-refractivity contribution in [3.63, 3.8) is 0 Å². The van der Waals surface area contributed by atoms with Crippen molar-refractivity contribution in [3.8, 4) is 0 Å². The minimum absolute atomic E-state index is 0.252. The molecule has 0 radical (unpaired) electrons. The van der Waals surface area contributed by atoms with E-state index in [4.69, 9.17) is 0 Å². The molecule has 19 heavy (non-hydrogen) atoms. The maximum Gasteiger partial charge on any atom is 0.220 e. The van der Waals surface area contributed by atoms with E-state index < -0.39 is 0 Å². The first-order chi connectivity index (χ1) is 9.33. The lowest BCUT2D eigenvalue weighted by Crippen LogP contribution is -2.40. The number of hydrogen-bond donors (Lipinski definition) is 2. The van der Waals surface area contributed by atoms with E-state index >= 15 is 0 Å². The number of unbranched alkanes of at least 4 members (excludes halogenated alkanes) is 6. The first-order valence-electron chi connectivity index (χ1n) is 8.33. The van der Waals surface area contributed by atoms with Crippen molar-refractivity contribution in [2.24, 2.45) is 0 Å². The zero-order chi connectivity index (χ0) is 13.8. The molecule has 1 aliphatic heterocycles. The molecule has 0 aromatic carbocycles. The second-order valence-corrected chi connectivity index (χ2v) is 5.84. The van der Waals surface area contributed by atoms with Crippen LogP contribution in [0.3, 0.4) is 0 Å². The number of hydrogen-bond acceptors (Lipinski definition) is 2. The van der Waals surface area contributed by atoms with Crippen LogP contribution in [0.15, 0.2) is 0 Å². The van der Waals surface area contributed by atoms with Crippen LogP contribution in [0.2, 0.25) is 0 Å². The number of amides is 1. The Morgan fingerprint density at radius 2 is 1.84 bits per heavy atom. The fraction of sp³-hybridized carbons (Fsp3) is 0.938. The molecule has 112 valence electrons. The summed E-state index contributed by atoms with van der Waals surface area (Å²) in [4.78, 5) is 11.8. The quantitative estimate of drug-likeness (QED) is 0.629. The molecule has 0 spiro atoms. The van der Waals surface area contributed by atoms with Crippen molar-refractivity contribution in [2.45, 2.75) is 83.6 Å². The maximum atomic E-state index is 11.8. The molecule has 1 rings (SSSR count). The van der Waals surface area contributed by atoms with Gasteiger partial charge in [0.2, 0.25) is 5.91 Å². The van der Waals surface area contributed by atoms with Gasteiger partial charge in [0, 0.05) is 19.0 Å². The molecule has 1 atom stereocenters. The second kappa shape index (κ2) is 11.3. The Balaban J connectivity index is 1.95. The van der Waals surface area contributed by atoms with Gasteiger partial charge in [0.25, 0.3) is 0 Å². The Morgan fingerprint density at radius 1 is 1.11 bits per heavy atom. The zero-order valence-corrected chi connectivity index (χ0v) is 12.7. The van der Waals surface area contributed by atoms with E-state index in [0.29, 0.717) is 12.5 Å². The van der Waals surface area contributed by atoms with Gasteiger partial charge in [-0.25, -0.2) is 0 Å². The van der Waals surface area contributed by atoms with Crippen molar-refractivity contribution in [1.29, 1.82) is 0 Å². The van der Waals surface area contributed by atoms with Crippen LogP contribution in [0.25, 0.3) is 0 Å². The molecule has 1 saturated heterocycles. The van der Waals surface area contributed by atoms with E-state index in [1.807, 2.05) is 0 Å². The topological polar surface area (TPSA) is 41.1 Å². The first kappa shape index (κ1) is 16.5. The molecule has 0 aromatic heterocycles. The van der Waals surface area contributed by atoms with Gasteiger partial charge in [-0.05, 0) is 25.8 Å². The molecule has 1 aliphatic rings. The summed E-state index contributed by atoms with van der Waals surface area (Å²) in [5.74, 6) is 0.252. The fourth-order valence-corrected chi connectivity index (χ4v) is 2.68. The van der Waals surface area contributed by atoms with Crippen molar-refractivity contribution in [2.75, 3.05) is 13.1 Å². The van der Waals surface area contributed by atoms with Gasteiger partial charge in [0.05, 0.1) is 0 Å². The SMILES string of the molecule is CCCCCCCCCC(=O)NC1CCCCNC1. The summed E-state index contributed by atoms with van der Waals surface area (Å²) >= 11 is 0. The van der Waals surface area contributed by atoms with Crippen LogP contribution in [0.1, 0.15) is 77.6 Å². The number of nitrogens with one attached hydrogen (secondary N) is 2. The van der Waals surface area contributed by atoms with Gasteiger partial charge in [0.15, 0.2) is 0 Å². The number of rotatable bonds is 9. The van der Waals surface area contributed by atoms with Crippen molar-refractivity contribution < 1.29 is 4.79 Å². The Hall–Kier alpha value is -0.570. The Morgan fingerprint density at radius 3 is 2.63 bits per heavy atom. The summed E-state index contributed by atoms with van der Waals surface area (Å²) in [6.45, 7) is 4.29. The first-order valence-corrected chi connectivity index (χ1v) is 8.33. The number of carbonyl (C=O) groups excluding carboxylic acids is 1. The van der Waals surface area contributed by atoms with Gasteiger partial charge in [-0.3, -0.25) is 4.79 Å². The van der Waals surface area contributed by atoms with Crippen LogP contribution in [0.4, 0.5) is 0 Å². The minimum Gasteiger partial charge on any atom is -0.352 e. The highest BCUT2D eigenvalue weighted by molar-refractivity contribution is 5.76. The third-order valence-electron chi connectivity index (χ3n) is 3.92. The van der Waals surface area contributed by atoms with Crippen LogP contribution in [0.5, 0.6) is 0 Å². The lowest BCUT2D eigenvalue weighted by atomic mass is 10.1. The zero-order valence-electron chi connectivity index (χ0n) is 12.7. The van der Waals surface area contributed by atoms with Gasteiger partial charge in [-0.15, -0.1) is 0 Å². The molecule has 1 fully saturated rings. The molecule has 2 N–H and O–H groups in total. The van der Waals surface area contributed by atoms with E-state index in [1.165, 1.54) is 51.4 Å². The van der Waals surface area contributed by atoms with E-state index in [0.717, 1.165) is 25.9 Å². The van der Waals surface area contributed by atoms with Crippen LogP contribution in [0, 0.1) is 0 Å². The molecule has 0 bridgehead atoms. The van der Waals surface area contributed by atoms with Crippen LogP contribution < -0.4 is 10.6 Å². The summed E-state index contributed by atoms with van der Waals surface area (Å²) in [7, 11) is 0. The Labute approximate surface area is 118 Å². The summed E-state index contributed by atoms with van der Waals surface area (Å²) in [5, 5.41) is 6.55. The van der Waals surface area contributed by atoms with E-state index in [2.05, 4.69) is 17.6 Å². The normalized spacial score (nSPS) is 19.9. The maximum absolute atomic E-state index is 11.8. The second-order valence-electron chi connectivity index (χ2n) is 5.84. The average molecular weight is 268 g/mol. The van der Waals surface area contributed by atoms with E-state index in [1.54, 1.807) is 0 Å². The molecule has 0 saturated carbocycles. The highest BCUT2D eigenvalue weighted by atomic mass is 16.1. The highest BCUT2D eigenvalue weighted by Gasteiger charge is 2.13. The standard InChI is InChI=1S/C16H32N2O/c1-2-3-4-5-6-7-8-12-16(19)18-15-11-9-10-13-17-14-15/h15,17H,2-14H2,1H3,(H,18,19). The summed E-state index contributed by atoms with van der Waals surface area (Å²) in [5.41, 5.74) is 0. The third kappa shape index (κ3) is 9.04. The third-order valence-corrected chi connectivity index (χ3v) is 3.92. The van der Waals surface area contributed by atoms with Crippen molar-refractivity contribution >= 4 is 5.91 Å². The van der Waals surface area contributed by atoms with Gasteiger partial charge < -0.3 is 10.6 Å². The molecule has 3 nitrogen and oxygen atoms in total. The fourth-order valence-electron chi connectivity index (χ4n) is 2.68. The highest BCUT2D eigenvalue weighted by Crippen LogP contribution is 2.09.